The zero-order chi connectivity index (χ0) is 17.2. The van der Waals surface area contributed by atoms with Crippen LogP contribution in [-0.2, 0) is 11.2 Å². The van der Waals surface area contributed by atoms with Crippen LogP contribution in [0.3, 0.4) is 0 Å². The first kappa shape index (κ1) is 16.1. The second-order valence-corrected chi connectivity index (χ2v) is 7.19. The quantitative estimate of drug-likeness (QED) is 0.718. The molecule has 1 aliphatic rings. The Hall–Kier alpha value is -2.34. The Morgan fingerprint density at radius 3 is 2.92 bits per heavy atom. The largest absolute Gasteiger partial charge is 0.497 e. The number of benzene rings is 1. The molecule has 0 radical (unpaired) electrons. The molecule has 3 heterocycles. The van der Waals surface area contributed by atoms with Gasteiger partial charge in [-0.2, -0.15) is 0 Å². The van der Waals surface area contributed by atoms with E-state index in [1.54, 1.807) is 18.4 Å². The molecule has 25 heavy (non-hydrogen) atoms. The van der Waals surface area contributed by atoms with Crippen LogP contribution in [0.2, 0.25) is 0 Å². The third-order valence-corrected chi connectivity index (χ3v) is 5.58. The van der Waals surface area contributed by atoms with E-state index in [0.29, 0.717) is 6.42 Å². The Morgan fingerprint density at radius 1 is 1.28 bits per heavy atom. The van der Waals surface area contributed by atoms with Gasteiger partial charge in [-0.05, 0) is 31.4 Å². The fraction of sp³-hybridized carbons (Fsp3) is 0.368. The van der Waals surface area contributed by atoms with Gasteiger partial charge in [0.15, 0.2) is 4.96 Å². The van der Waals surface area contributed by atoms with Crippen LogP contribution >= 0.6 is 11.3 Å². The monoisotopic (exact) mass is 355 g/mol. The van der Waals surface area contributed by atoms with Crippen molar-refractivity contribution >= 4 is 22.2 Å². The number of nitrogens with zero attached hydrogens (tertiary/aromatic N) is 3. The molecule has 0 bridgehead atoms. The van der Waals surface area contributed by atoms with Gasteiger partial charge >= 0.3 is 0 Å². The van der Waals surface area contributed by atoms with Crippen LogP contribution in [0.4, 0.5) is 0 Å². The minimum Gasteiger partial charge on any atom is -0.497 e. The summed E-state index contributed by atoms with van der Waals surface area (Å²) in [5.74, 6) is 1.03. The summed E-state index contributed by atoms with van der Waals surface area (Å²) in [4.78, 5) is 20.2. The number of amides is 1. The lowest BCUT2D eigenvalue weighted by Crippen LogP contribution is -2.36. The van der Waals surface area contributed by atoms with Gasteiger partial charge in [-0.25, -0.2) is 4.98 Å². The topological polar surface area (TPSA) is 46.8 Å². The summed E-state index contributed by atoms with van der Waals surface area (Å²) in [6.45, 7) is 1.79. The normalized spacial score (nSPS) is 14.8. The molecular weight excluding hydrogens is 334 g/mol. The van der Waals surface area contributed by atoms with E-state index < -0.39 is 0 Å². The van der Waals surface area contributed by atoms with Gasteiger partial charge in [-0.1, -0.05) is 12.1 Å². The Morgan fingerprint density at radius 2 is 2.12 bits per heavy atom. The molecule has 1 fully saturated rings. The van der Waals surface area contributed by atoms with Crippen LogP contribution in [0.5, 0.6) is 5.75 Å². The van der Waals surface area contributed by atoms with Crippen molar-refractivity contribution in [1.29, 1.82) is 0 Å². The number of hydrogen-bond donors (Lipinski definition) is 0. The van der Waals surface area contributed by atoms with E-state index in [1.807, 2.05) is 45.1 Å². The Balaban J connectivity index is 1.58. The zero-order valence-electron chi connectivity index (χ0n) is 14.3. The van der Waals surface area contributed by atoms with E-state index in [1.165, 1.54) is 6.42 Å². The highest BCUT2D eigenvalue weighted by molar-refractivity contribution is 7.15. The highest BCUT2D eigenvalue weighted by Gasteiger charge is 2.19. The van der Waals surface area contributed by atoms with Crippen LogP contribution in [-0.4, -0.2) is 40.4 Å². The number of carbonyl (C=O) groups is 1. The second kappa shape index (κ2) is 6.88. The maximum Gasteiger partial charge on any atom is 0.228 e. The van der Waals surface area contributed by atoms with Gasteiger partial charge in [0.2, 0.25) is 5.91 Å². The summed E-state index contributed by atoms with van der Waals surface area (Å²) in [5.41, 5.74) is 2.93. The van der Waals surface area contributed by atoms with Gasteiger partial charge in [0, 0.05) is 35.9 Å². The van der Waals surface area contributed by atoms with Crippen molar-refractivity contribution in [2.75, 3.05) is 20.2 Å². The fourth-order valence-electron chi connectivity index (χ4n) is 3.29. The number of fused-ring (bicyclic) bond motifs is 1. The Bertz CT molecular complexity index is 893. The van der Waals surface area contributed by atoms with E-state index in [4.69, 9.17) is 9.72 Å². The average molecular weight is 355 g/mol. The second-order valence-electron chi connectivity index (χ2n) is 6.36. The molecule has 5 nitrogen and oxygen atoms in total. The number of hydrogen-bond acceptors (Lipinski definition) is 4. The van der Waals surface area contributed by atoms with Crippen LogP contribution in [0.1, 0.15) is 25.0 Å². The van der Waals surface area contributed by atoms with Gasteiger partial charge in [0.1, 0.15) is 5.75 Å². The lowest BCUT2D eigenvalue weighted by atomic mass is 10.1. The van der Waals surface area contributed by atoms with Crippen molar-refractivity contribution in [1.82, 2.24) is 14.3 Å². The molecule has 1 saturated heterocycles. The summed E-state index contributed by atoms with van der Waals surface area (Å²) in [6.07, 6.45) is 5.93. The SMILES string of the molecule is COc1cccc(-c2cn3c(CC(=O)N4CCCCC4)csc3n2)c1. The summed E-state index contributed by atoms with van der Waals surface area (Å²) in [5, 5.41) is 2.04. The molecule has 0 spiro atoms. The number of carbonyl (C=O) groups excluding carboxylic acids is 1. The van der Waals surface area contributed by atoms with E-state index in [0.717, 1.165) is 53.6 Å². The first-order chi connectivity index (χ1) is 12.2. The van der Waals surface area contributed by atoms with Crippen molar-refractivity contribution in [3.8, 4) is 17.0 Å². The molecule has 0 atom stereocenters. The highest BCUT2D eigenvalue weighted by atomic mass is 32.1. The summed E-state index contributed by atoms with van der Waals surface area (Å²) in [6, 6.07) is 7.88. The smallest absolute Gasteiger partial charge is 0.228 e. The molecule has 0 saturated carbocycles. The van der Waals surface area contributed by atoms with Gasteiger partial charge in [-0.15, -0.1) is 11.3 Å². The highest BCUT2D eigenvalue weighted by Crippen LogP contribution is 2.26. The lowest BCUT2D eigenvalue weighted by Gasteiger charge is -2.26. The third kappa shape index (κ3) is 3.26. The van der Waals surface area contributed by atoms with Crippen molar-refractivity contribution < 1.29 is 9.53 Å². The summed E-state index contributed by atoms with van der Waals surface area (Å²) < 4.78 is 7.34. The zero-order valence-corrected chi connectivity index (χ0v) is 15.1. The maximum absolute atomic E-state index is 12.5. The molecule has 4 rings (SSSR count). The average Bonchev–Trinajstić information content (AvgIpc) is 3.24. The molecule has 0 aliphatic carbocycles. The maximum atomic E-state index is 12.5. The van der Waals surface area contributed by atoms with E-state index >= 15 is 0 Å². The van der Waals surface area contributed by atoms with Crippen LogP contribution in [0.15, 0.2) is 35.8 Å². The van der Waals surface area contributed by atoms with Crippen molar-refractivity contribution in [3.63, 3.8) is 0 Å². The van der Waals surface area contributed by atoms with Gasteiger partial charge in [0.25, 0.3) is 0 Å². The van der Waals surface area contributed by atoms with Crippen LogP contribution in [0, 0.1) is 0 Å². The lowest BCUT2D eigenvalue weighted by molar-refractivity contribution is -0.131. The Labute approximate surface area is 150 Å². The molecule has 1 aliphatic heterocycles. The van der Waals surface area contributed by atoms with Crippen molar-refractivity contribution in [2.45, 2.75) is 25.7 Å². The minimum atomic E-state index is 0.219. The van der Waals surface area contributed by atoms with Gasteiger partial charge in [0.05, 0.1) is 19.2 Å². The van der Waals surface area contributed by atoms with Crippen LogP contribution < -0.4 is 4.74 Å². The van der Waals surface area contributed by atoms with E-state index in [-0.39, 0.29) is 5.91 Å². The molecule has 1 amide bonds. The van der Waals surface area contributed by atoms with E-state index in [2.05, 4.69) is 0 Å². The number of rotatable bonds is 4. The van der Waals surface area contributed by atoms with Crippen LogP contribution in [0.25, 0.3) is 16.2 Å². The molecule has 2 aromatic heterocycles. The number of aromatic nitrogens is 2. The molecular formula is C19H21N3O2S. The number of imidazole rings is 1. The summed E-state index contributed by atoms with van der Waals surface area (Å²) >= 11 is 1.58. The third-order valence-electron chi connectivity index (χ3n) is 4.69. The minimum absolute atomic E-state index is 0.219. The first-order valence-corrected chi connectivity index (χ1v) is 9.50. The number of methoxy groups -OCH3 is 1. The fourth-order valence-corrected chi connectivity index (χ4v) is 4.16. The predicted molar refractivity (Wildman–Crippen MR) is 99.2 cm³/mol. The Kier molecular flexibility index (Phi) is 4.44. The molecule has 0 N–H and O–H groups in total. The number of piperidine rings is 1. The molecule has 6 heteroatoms. The summed E-state index contributed by atoms with van der Waals surface area (Å²) in [7, 11) is 1.66. The first-order valence-electron chi connectivity index (χ1n) is 8.62. The van der Waals surface area contributed by atoms with Crippen molar-refractivity contribution in [2.24, 2.45) is 0 Å². The molecule has 130 valence electrons. The molecule has 0 unspecified atom stereocenters. The molecule has 3 aromatic rings. The predicted octanol–water partition coefficient (Wildman–Crippen LogP) is 3.63. The van der Waals surface area contributed by atoms with Crippen molar-refractivity contribution in [3.05, 3.63) is 41.5 Å². The standard InChI is InChI=1S/C19H21N3O2S/c1-24-16-7-5-6-14(10-16)17-12-22-15(13-25-19(22)20-17)11-18(23)21-8-3-2-4-9-21/h5-7,10,12-13H,2-4,8-9,11H2,1H3. The van der Waals surface area contributed by atoms with Gasteiger partial charge < -0.3 is 9.64 Å². The number of ether oxygens (including phenoxy) is 1. The van der Waals surface area contributed by atoms with Gasteiger partial charge in [-0.3, -0.25) is 9.20 Å². The molecule has 1 aromatic carbocycles. The number of likely N-dealkylation sites (tertiary alicyclic amines) is 1. The number of thiazole rings is 1. The van der Waals surface area contributed by atoms with E-state index in [9.17, 15) is 4.79 Å².